The minimum Gasteiger partial charge on any atom is -0.345 e. The molecular formula is C12H14BrN3. The molecule has 2 aromatic heterocycles. The number of hydrogen-bond acceptors (Lipinski definition) is 2. The molecule has 0 bridgehead atoms. The Bertz CT molecular complexity index is 500. The number of nitrogens with one attached hydrogen (secondary N) is 1. The molecular weight excluding hydrogens is 266 g/mol. The third kappa shape index (κ3) is 1.65. The van der Waals surface area contributed by atoms with Gasteiger partial charge in [0.25, 0.3) is 0 Å². The van der Waals surface area contributed by atoms with Crippen LogP contribution in [0.15, 0.2) is 17.0 Å². The van der Waals surface area contributed by atoms with Gasteiger partial charge in [-0.15, -0.1) is 0 Å². The van der Waals surface area contributed by atoms with Crippen molar-refractivity contribution in [2.75, 3.05) is 0 Å². The van der Waals surface area contributed by atoms with E-state index in [0.29, 0.717) is 5.92 Å². The summed E-state index contributed by atoms with van der Waals surface area (Å²) in [5.74, 6) is 0.617. The van der Waals surface area contributed by atoms with Gasteiger partial charge in [0, 0.05) is 16.6 Å². The van der Waals surface area contributed by atoms with Crippen LogP contribution in [0.25, 0.3) is 11.0 Å². The molecule has 0 amide bonds. The summed E-state index contributed by atoms with van der Waals surface area (Å²) in [4.78, 5) is 11.9. The van der Waals surface area contributed by atoms with E-state index in [4.69, 9.17) is 0 Å². The Morgan fingerprint density at radius 3 is 2.81 bits per heavy atom. The fraction of sp³-hybridized carbons (Fsp3) is 0.500. The topological polar surface area (TPSA) is 41.6 Å². The SMILES string of the molecule is Brc1c[nH]c2ncnc(C3CCCCC3)c12. The Morgan fingerprint density at radius 2 is 2.00 bits per heavy atom. The summed E-state index contributed by atoms with van der Waals surface area (Å²) in [6.07, 6.45) is 10.2. The number of fused-ring (bicyclic) bond motifs is 1. The minimum atomic E-state index is 0.617. The van der Waals surface area contributed by atoms with E-state index in [0.717, 1.165) is 10.1 Å². The van der Waals surface area contributed by atoms with Crippen LogP contribution in [0.1, 0.15) is 43.7 Å². The first-order valence-electron chi connectivity index (χ1n) is 5.84. The van der Waals surface area contributed by atoms with E-state index < -0.39 is 0 Å². The molecule has 1 aliphatic rings. The molecule has 0 saturated heterocycles. The average Bonchev–Trinajstić information content (AvgIpc) is 2.73. The Morgan fingerprint density at radius 1 is 1.19 bits per heavy atom. The lowest BCUT2D eigenvalue weighted by Crippen LogP contribution is -2.07. The van der Waals surface area contributed by atoms with Gasteiger partial charge in [-0.2, -0.15) is 0 Å². The van der Waals surface area contributed by atoms with Gasteiger partial charge < -0.3 is 4.98 Å². The van der Waals surface area contributed by atoms with Gasteiger partial charge in [-0.3, -0.25) is 0 Å². The molecule has 2 heterocycles. The largest absolute Gasteiger partial charge is 0.345 e. The zero-order valence-electron chi connectivity index (χ0n) is 9.04. The number of aromatic amines is 1. The molecule has 0 atom stereocenters. The maximum absolute atomic E-state index is 4.50. The molecule has 16 heavy (non-hydrogen) atoms. The normalized spacial score (nSPS) is 18.1. The van der Waals surface area contributed by atoms with Gasteiger partial charge in [-0.1, -0.05) is 19.3 Å². The zero-order chi connectivity index (χ0) is 11.0. The van der Waals surface area contributed by atoms with Gasteiger partial charge in [-0.25, -0.2) is 9.97 Å². The molecule has 1 N–H and O–H groups in total. The lowest BCUT2D eigenvalue weighted by atomic mass is 9.86. The molecule has 1 aliphatic carbocycles. The second kappa shape index (κ2) is 4.17. The van der Waals surface area contributed by atoms with Crippen molar-refractivity contribution in [3.8, 4) is 0 Å². The molecule has 3 nitrogen and oxygen atoms in total. The van der Waals surface area contributed by atoms with Crippen LogP contribution in [0.4, 0.5) is 0 Å². The predicted molar refractivity (Wildman–Crippen MR) is 67.4 cm³/mol. The quantitative estimate of drug-likeness (QED) is 0.864. The number of nitrogens with zero attached hydrogens (tertiary/aromatic N) is 2. The van der Waals surface area contributed by atoms with Crippen LogP contribution < -0.4 is 0 Å². The fourth-order valence-electron chi connectivity index (χ4n) is 2.63. The molecule has 0 aliphatic heterocycles. The Labute approximate surface area is 103 Å². The third-order valence-electron chi connectivity index (χ3n) is 3.44. The first-order chi connectivity index (χ1) is 7.86. The third-order valence-corrected chi connectivity index (χ3v) is 4.07. The van der Waals surface area contributed by atoms with E-state index in [-0.39, 0.29) is 0 Å². The molecule has 0 unspecified atom stereocenters. The Kier molecular flexibility index (Phi) is 2.67. The molecule has 1 fully saturated rings. The van der Waals surface area contributed by atoms with E-state index in [1.807, 2.05) is 6.20 Å². The van der Waals surface area contributed by atoms with Gasteiger partial charge in [0.15, 0.2) is 0 Å². The smallest absolute Gasteiger partial charge is 0.142 e. The van der Waals surface area contributed by atoms with Crippen LogP contribution in [0, 0.1) is 0 Å². The van der Waals surface area contributed by atoms with Crippen LogP contribution in [0.2, 0.25) is 0 Å². The second-order valence-electron chi connectivity index (χ2n) is 4.45. The molecule has 84 valence electrons. The lowest BCUT2D eigenvalue weighted by Gasteiger charge is -2.21. The summed E-state index contributed by atoms with van der Waals surface area (Å²) in [5, 5.41) is 1.18. The monoisotopic (exact) mass is 279 g/mol. The standard InChI is InChI=1S/C12H14BrN3/c13-9-6-14-12-10(9)11(15-7-16-12)8-4-2-1-3-5-8/h6-8H,1-5H2,(H,14,15,16). The van der Waals surface area contributed by atoms with Crippen LogP contribution >= 0.6 is 15.9 Å². The van der Waals surface area contributed by atoms with Crippen molar-refractivity contribution in [1.29, 1.82) is 0 Å². The van der Waals surface area contributed by atoms with Gasteiger partial charge in [0.05, 0.1) is 11.1 Å². The van der Waals surface area contributed by atoms with Crippen molar-refractivity contribution >= 4 is 27.0 Å². The summed E-state index contributed by atoms with van der Waals surface area (Å²) in [5.41, 5.74) is 2.17. The summed E-state index contributed by atoms with van der Waals surface area (Å²) in [6.45, 7) is 0. The van der Waals surface area contributed by atoms with E-state index in [2.05, 4.69) is 30.9 Å². The highest BCUT2D eigenvalue weighted by molar-refractivity contribution is 9.10. The first kappa shape index (κ1) is 10.3. The van der Waals surface area contributed by atoms with Crippen LogP contribution in [0.3, 0.4) is 0 Å². The average molecular weight is 280 g/mol. The second-order valence-corrected chi connectivity index (χ2v) is 5.31. The summed E-state index contributed by atoms with van der Waals surface area (Å²) < 4.78 is 1.09. The summed E-state index contributed by atoms with van der Waals surface area (Å²) in [7, 11) is 0. The maximum Gasteiger partial charge on any atom is 0.142 e. The maximum atomic E-state index is 4.50. The molecule has 0 aromatic carbocycles. The van der Waals surface area contributed by atoms with E-state index in [1.165, 1.54) is 43.2 Å². The lowest BCUT2D eigenvalue weighted by molar-refractivity contribution is 0.438. The summed E-state index contributed by atoms with van der Waals surface area (Å²) in [6, 6.07) is 0. The van der Waals surface area contributed by atoms with Crippen LogP contribution in [0.5, 0.6) is 0 Å². The van der Waals surface area contributed by atoms with Gasteiger partial charge in [0.2, 0.25) is 0 Å². The van der Waals surface area contributed by atoms with Crippen molar-refractivity contribution in [2.24, 2.45) is 0 Å². The minimum absolute atomic E-state index is 0.617. The molecule has 2 aromatic rings. The number of hydrogen-bond donors (Lipinski definition) is 1. The molecule has 0 radical (unpaired) electrons. The molecule has 4 heteroatoms. The Balaban J connectivity index is 2.10. The number of H-pyrrole nitrogens is 1. The predicted octanol–water partition coefficient (Wildman–Crippen LogP) is 3.77. The Hall–Kier alpha value is -0.900. The van der Waals surface area contributed by atoms with Crippen LogP contribution in [-0.2, 0) is 0 Å². The van der Waals surface area contributed by atoms with Crippen molar-refractivity contribution < 1.29 is 0 Å². The zero-order valence-corrected chi connectivity index (χ0v) is 10.6. The van der Waals surface area contributed by atoms with Crippen LogP contribution in [-0.4, -0.2) is 15.0 Å². The highest BCUT2D eigenvalue weighted by atomic mass is 79.9. The van der Waals surface area contributed by atoms with Crippen molar-refractivity contribution in [1.82, 2.24) is 15.0 Å². The number of halogens is 1. The van der Waals surface area contributed by atoms with Gasteiger partial charge in [-0.05, 0) is 28.8 Å². The summed E-state index contributed by atoms with van der Waals surface area (Å²) >= 11 is 3.57. The van der Waals surface area contributed by atoms with Crippen molar-refractivity contribution in [3.63, 3.8) is 0 Å². The first-order valence-corrected chi connectivity index (χ1v) is 6.63. The molecule has 1 saturated carbocycles. The molecule has 0 spiro atoms. The number of aromatic nitrogens is 3. The van der Waals surface area contributed by atoms with Gasteiger partial charge in [0.1, 0.15) is 12.0 Å². The van der Waals surface area contributed by atoms with Crippen molar-refractivity contribution in [2.45, 2.75) is 38.0 Å². The van der Waals surface area contributed by atoms with E-state index >= 15 is 0 Å². The fourth-order valence-corrected chi connectivity index (χ4v) is 3.14. The van der Waals surface area contributed by atoms with Gasteiger partial charge >= 0.3 is 0 Å². The highest BCUT2D eigenvalue weighted by Gasteiger charge is 2.20. The number of rotatable bonds is 1. The highest BCUT2D eigenvalue weighted by Crippen LogP contribution is 2.36. The van der Waals surface area contributed by atoms with E-state index in [1.54, 1.807) is 6.33 Å². The molecule has 3 rings (SSSR count). The van der Waals surface area contributed by atoms with E-state index in [9.17, 15) is 0 Å². The van der Waals surface area contributed by atoms with Crippen molar-refractivity contribution in [3.05, 3.63) is 22.7 Å².